The summed E-state index contributed by atoms with van der Waals surface area (Å²) in [5, 5.41) is 13.2. The first-order chi connectivity index (χ1) is 17.0. The molecule has 36 heavy (non-hydrogen) atoms. The maximum Gasteiger partial charge on any atom is 0.433 e. The number of likely N-dealkylation sites (tertiary alicyclic amines) is 1. The third kappa shape index (κ3) is 5.14. The van der Waals surface area contributed by atoms with E-state index in [2.05, 4.69) is 20.6 Å². The van der Waals surface area contributed by atoms with Crippen LogP contribution < -0.4 is 16.4 Å². The average molecular weight is 503 g/mol. The van der Waals surface area contributed by atoms with Crippen molar-refractivity contribution in [3.63, 3.8) is 0 Å². The lowest BCUT2D eigenvalue weighted by Crippen LogP contribution is -2.47. The molecule has 10 nitrogen and oxygen atoms in total. The third-order valence-corrected chi connectivity index (χ3v) is 6.25. The Hall–Kier alpha value is -4.03. The summed E-state index contributed by atoms with van der Waals surface area (Å²) in [4.78, 5) is 46.6. The molecule has 2 aromatic heterocycles. The Morgan fingerprint density at radius 1 is 1.25 bits per heavy atom. The molecule has 2 aromatic rings. The maximum atomic E-state index is 13.1. The molecular formula is C23H24F3N7O3. The number of aromatic nitrogens is 2. The van der Waals surface area contributed by atoms with Crippen LogP contribution in [0.1, 0.15) is 36.7 Å². The number of amides is 3. The molecule has 1 saturated carbocycles. The van der Waals surface area contributed by atoms with E-state index < -0.39 is 41.3 Å². The van der Waals surface area contributed by atoms with Crippen LogP contribution >= 0.6 is 0 Å². The largest absolute Gasteiger partial charge is 0.433 e. The van der Waals surface area contributed by atoms with E-state index in [4.69, 9.17) is 11.1 Å². The minimum atomic E-state index is -4.66. The average Bonchev–Trinajstić information content (AvgIpc) is 3.50. The summed E-state index contributed by atoms with van der Waals surface area (Å²) in [7, 11) is 0. The number of rotatable bonds is 8. The number of hydrogen-bond acceptors (Lipinski definition) is 7. The second-order valence-electron chi connectivity index (χ2n) is 8.68. The number of halogens is 3. The fourth-order valence-corrected chi connectivity index (χ4v) is 4.36. The Labute approximate surface area is 204 Å². The zero-order valence-electron chi connectivity index (χ0n) is 19.2. The number of nitrogens with one attached hydrogen (secondary N) is 3. The quantitative estimate of drug-likeness (QED) is 0.404. The number of hydrogen-bond donors (Lipinski definition) is 4. The highest BCUT2D eigenvalue weighted by atomic mass is 19.4. The molecule has 0 spiro atoms. The van der Waals surface area contributed by atoms with Gasteiger partial charge in [0.05, 0.1) is 18.4 Å². The molecule has 190 valence electrons. The fourth-order valence-electron chi connectivity index (χ4n) is 4.36. The Bertz CT molecular complexity index is 1230. The van der Waals surface area contributed by atoms with Crippen molar-refractivity contribution >= 4 is 34.9 Å². The number of alkyl halides is 3. The van der Waals surface area contributed by atoms with Gasteiger partial charge in [-0.15, -0.1) is 0 Å². The number of carbonyl (C=O) groups is 3. The van der Waals surface area contributed by atoms with Crippen LogP contribution in [0.5, 0.6) is 0 Å². The van der Waals surface area contributed by atoms with Gasteiger partial charge in [0.15, 0.2) is 0 Å². The first kappa shape index (κ1) is 25.1. The van der Waals surface area contributed by atoms with Gasteiger partial charge in [0.1, 0.15) is 23.3 Å². The van der Waals surface area contributed by atoms with Gasteiger partial charge in [-0.25, -0.2) is 4.98 Å². The van der Waals surface area contributed by atoms with Crippen LogP contribution in [0.15, 0.2) is 30.5 Å². The first-order valence-electron chi connectivity index (χ1n) is 11.3. The summed E-state index contributed by atoms with van der Waals surface area (Å²) in [6, 6.07) is 3.75. The van der Waals surface area contributed by atoms with Gasteiger partial charge < -0.3 is 21.3 Å². The molecule has 1 aliphatic heterocycles. The van der Waals surface area contributed by atoms with Crippen molar-refractivity contribution < 1.29 is 27.6 Å². The summed E-state index contributed by atoms with van der Waals surface area (Å²) in [5.41, 5.74) is 4.80. The van der Waals surface area contributed by atoms with Gasteiger partial charge in [-0.05, 0) is 43.4 Å². The number of carbonyl (C=O) groups excluding carboxylic acids is 3. The number of pyridine rings is 2. The van der Waals surface area contributed by atoms with E-state index in [-0.39, 0.29) is 35.6 Å². The monoisotopic (exact) mass is 503 g/mol. The van der Waals surface area contributed by atoms with Gasteiger partial charge in [0.2, 0.25) is 11.8 Å². The van der Waals surface area contributed by atoms with Crippen molar-refractivity contribution in [3.8, 4) is 0 Å². The second-order valence-corrected chi connectivity index (χ2v) is 8.68. The van der Waals surface area contributed by atoms with Crippen LogP contribution in [0.3, 0.4) is 0 Å². The molecule has 1 aliphatic carbocycles. The number of anilines is 2. The SMILES string of the molecule is CCc1cc(C(=N)C(N)=O)c(NCC(=O)N2[C@@H]3C[C@@H]3C[C@H]2C(=O)Nc2cccc(C(F)(F)F)n2)cn1. The van der Waals surface area contributed by atoms with Gasteiger partial charge in [-0.2, -0.15) is 13.2 Å². The smallest absolute Gasteiger partial charge is 0.374 e. The number of fused-ring (bicyclic) bond motifs is 1. The lowest BCUT2D eigenvalue weighted by molar-refractivity contribution is -0.141. The normalized spacial score (nSPS) is 20.4. The molecule has 1 saturated heterocycles. The van der Waals surface area contributed by atoms with Crippen molar-refractivity contribution in [2.45, 2.75) is 44.4 Å². The molecular weight excluding hydrogens is 479 g/mol. The summed E-state index contributed by atoms with van der Waals surface area (Å²) < 4.78 is 38.8. The van der Waals surface area contributed by atoms with Crippen molar-refractivity contribution in [3.05, 3.63) is 47.4 Å². The van der Waals surface area contributed by atoms with Crippen LogP contribution in [0.4, 0.5) is 24.7 Å². The molecule has 3 amide bonds. The van der Waals surface area contributed by atoms with Crippen LogP contribution in [-0.4, -0.2) is 56.9 Å². The van der Waals surface area contributed by atoms with Gasteiger partial charge in [-0.3, -0.25) is 24.8 Å². The van der Waals surface area contributed by atoms with Gasteiger partial charge >= 0.3 is 6.18 Å². The highest BCUT2D eigenvalue weighted by Gasteiger charge is 2.56. The standard InChI is InChI=1S/C23H24F3N7O3/c1-2-12-8-13(20(27)21(28)35)14(9-29-12)30-10-19(34)33-15-6-11(15)7-16(33)22(36)32-18-5-3-4-17(31-18)23(24,25)26/h3-5,8-9,11,15-16,27,30H,2,6-7,10H2,1H3,(H2,28,35)(H,31,32,36)/t11-,15-,16+/m1/s1. The van der Waals surface area contributed by atoms with E-state index in [1.165, 1.54) is 17.2 Å². The van der Waals surface area contributed by atoms with Crippen molar-refractivity contribution in [2.75, 3.05) is 17.2 Å². The number of aryl methyl sites for hydroxylation is 1. The summed E-state index contributed by atoms with van der Waals surface area (Å²) in [6.07, 6.45) is -1.55. The Kier molecular flexibility index (Phi) is 6.65. The van der Waals surface area contributed by atoms with Crippen molar-refractivity contribution in [2.24, 2.45) is 11.7 Å². The molecule has 0 aromatic carbocycles. The number of piperidine rings is 1. The fraction of sp³-hybridized carbons (Fsp3) is 0.391. The van der Waals surface area contributed by atoms with E-state index in [1.54, 1.807) is 6.07 Å². The Morgan fingerprint density at radius 2 is 2.00 bits per heavy atom. The topological polar surface area (TPSA) is 154 Å². The summed E-state index contributed by atoms with van der Waals surface area (Å²) >= 11 is 0. The van der Waals surface area contributed by atoms with E-state index in [0.29, 0.717) is 18.5 Å². The molecule has 3 heterocycles. The van der Waals surface area contributed by atoms with Crippen LogP contribution in [0.25, 0.3) is 0 Å². The van der Waals surface area contributed by atoms with Crippen molar-refractivity contribution in [1.29, 1.82) is 5.41 Å². The zero-order valence-corrected chi connectivity index (χ0v) is 19.2. The summed E-state index contributed by atoms with van der Waals surface area (Å²) in [6.45, 7) is 1.61. The van der Waals surface area contributed by atoms with Crippen molar-refractivity contribution in [1.82, 2.24) is 14.9 Å². The zero-order chi connectivity index (χ0) is 26.2. The van der Waals surface area contributed by atoms with E-state index in [0.717, 1.165) is 18.6 Å². The predicted molar refractivity (Wildman–Crippen MR) is 123 cm³/mol. The molecule has 5 N–H and O–H groups in total. The third-order valence-electron chi connectivity index (χ3n) is 6.25. The Morgan fingerprint density at radius 3 is 2.67 bits per heavy atom. The molecule has 3 atom stereocenters. The minimum absolute atomic E-state index is 0.131. The molecule has 4 rings (SSSR count). The predicted octanol–water partition coefficient (Wildman–Crippen LogP) is 1.95. The minimum Gasteiger partial charge on any atom is -0.374 e. The lowest BCUT2D eigenvalue weighted by Gasteiger charge is -2.27. The molecule has 2 aliphatic rings. The molecule has 0 unspecified atom stereocenters. The number of primary amides is 1. The highest BCUT2D eigenvalue weighted by Crippen LogP contribution is 2.48. The molecule has 2 fully saturated rings. The van der Waals surface area contributed by atoms with Crippen LogP contribution in [-0.2, 0) is 27.0 Å². The van der Waals surface area contributed by atoms with Crippen LogP contribution in [0, 0.1) is 11.3 Å². The van der Waals surface area contributed by atoms with Gasteiger partial charge in [-0.1, -0.05) is 13.0 Å². The second kappa shape index (κ2) is 9.55. The number of nitrogens with zero attached hydrogens (tertiary/aromatic N) is 3. The van der Waals surface area contributed by atoms with E-state index in [1.807, 2.05) is 6.92 Å². The van der Waals surface area contributed by atoms with Gasteiger partial charge in [0, 0.05) is 17.3 Å². The Balaban J connectivity index is 1.46. The first-order valence-corrected chi connectivity index (χ1v) is 11.3. The highest BCUT2D eigenvalue weighted by molar-refractivity contribution is 6.44. The lowest BCUT2D eigenvalue weighted by atomic mass is 10.1. The molecule has 0 bridgehead atoms. The summed E-state index contributed by atoms with van der Waals surface area (Å²) in [5.74, 6) is -2.07. The molecule has 0 radical (unpaired) electrons. The van der Waals surface area contributed by atoms with E-state index >= 15 is 0 Å². The van der Waals surface area contributed by atoms with Crippen LogP contribution in [0.2, 0.25) is 0 Å². The van der Waals surface area contributed by atoms with E-state index in [9.17, 15) is 27.6 Å². The molecule has 13 heteroatoms. The number of nitrogens with two attached hydrogens (primary N) is 1. The van der Waals surface area contributed by atoms with Gasteiger partial charge in [0.25, 0.3) is 5.91 Å². The maximum absolute atomic E-state index is 13.1.